The maximum absolute atomic E-state index is 13.1. The Hall–Kier alpha value is -3.25. The molecule has 2 aromatic carbocycles. The molecule has 0 saturated carbocycles. The number of ether oxygens (including phenoxy) is 3. The quantitative estimate of drug-likeness (QED) is 0.385. The highest BCUT2D eigenvalue weighted by molar-refractivity contribution is 8.26. The highest BCUT2D eigenvalue weighted by Crippen LogP contribution is 2.40. The lowest BCUT2D eigenvalue weighted by Crippen LogP contribution is -2.31. The third kappa shape index (κ3) is 6.06. The summed E-state index contributed by atoms with van der Waals surface area (Å²) in [5.74, 6) is 0.119. The van der Waals surface area contributed by atoms with Crippen molar-refractivity contribution in [2.24, 2.45) is 0 Å². The molecule has 1 aliphatic rings. The molecule has 35 heavy (non-hydrogen) atoms. The standard InChI is InChI=1S/C23H21F3N2O5S2/c1-31-16-10-13(11-17(32-2)20(16)33-3)12-18-21(30)28(22(34)35-18)9-8-19(29)27-15-7-5-4-6-14(15)23(24,25)26/h4-7,10-12H,8-9H2,1-3H3,(H,27,29)/b18-12-. The number of hydrogen-bond acceptors (Lipinski definition) is 7. The van der Waals surface area contributed by atoms with Crippen LogP contribution < -0.4 is 19.5 Å². The maximum Gasteiger partial charge on any atom is 0.418 e. The Kier molecular flexibility index (Phi) is 8.28. The van der Waals surface area contributed by atoms with Crippen LogP contribution in [0.3, 0.4) is 0 Å². The van der Waals surface area contributed by atoms with Crippen molar-refractivity contribution in [2.45, 2.75) is 12.6 Å². The molecule has 1 heterocycles. The third-order valence-corrected chi connectivity index (χ3v) is 6.31. The Bertz CT molecular complexity index is 1160. The molecular weight excluding hydrogens is 505 g/mol. The molecule has 0 aliphatic carbocycles. The van der Waals surface area contributed by atoms with Crippen LogP contribution in [-0.4, -0.2) is 48.9 Å². The van der Waals surface area contributed by atoms with E-state index in [0.29, 0.717) is 27.7 Å². The van der Waals surface area contributed by atoms with Gasteiger partial charge in [0.2, 0.25) is 11.7 Å². The summed E-state index contributed by atoms with van der Waals surface area (Å²) in [5.41, 5.74) is -0.702. The summed E-state index contributed by atoms with van der Waals surface area (Å²) in [6, 6.07) is 8.00. The fraction of sp³-hybridized carbons (Fsp3) is 0.261. The second-order valence-electron chi connectivity index (χ2n) is 7.13. The number of methoxy groups -OCH3 is 3. The van der Waals surface area contributed by atoms with Gasteiger partial charge >= 0.3 is 6.18 Å². The molecule has 0 atom stereocenters. The van der Waals surface area contributed by atoms with E-state index in [9.17, 15) is 22.8 Å². The molecule has 1 saturated heterocycles. The van der Waals surface area contributed by atoms with Crippen LogP contribution in [0.25, 0.3) is 6.08 Å². The van der Waals surface area contributed by atoms with Gasteiger partial charge < -0.3 is 19.5 Å². The molecule has 186 valence electrons. The molecule has 1 N–H and O–H groups in total. The number of para-hydroxylation sites is 1. The van der Waals surface area contributed by atoms with Crippen LogP contribution in [0, 0.1) is 0 Å². The number of anilines is 1. The number of halogens is 3. The first-order chi connectivity index (χ1) is 16.6. The van der Waals surface area contributed by atoms with E-state index in [1.165, 1.54) is 44.4 Å². The molecular formula is C23H21F3N2O5S2. The fourth-order valence-electron chi connectivity index (χ4n) is 3.29. The largest absolute Gasteiger partial charge is 0.493 e. The van der Waals surface area contributed by atoms with Crippen LogP contribution in [0.15, 0.2) is 41.3 Å². The highest BCUT2D eigenvalue weighted by Gasteiger charge is 2.34. The Labute approximate surface area is 209 Å². The van der Waals surface area contributed by atoms with Crippen molar-refractivity contribution in [2.75, 3.05) is 33.2 Å². The molecule has 0 spiro atoms. The van der Waals surface area contributed by atoms with Crippen molar-refractivity contribution in [3.05, 3.63) is 52.4 Å². The first-order valence-corrected chi connectivity index (χ1v) is 11.3. The van der Waals surface area contributed by atoms with E-state index >= 15 is 0 Å². The predicted octanol–water partition coefficient (Wildman–Crippen LogP) is 4.96. The smallest absolute Gasteiger partial charge is 0.418 e. The van der Waals surface area contributed by atoms with Gasteiger partial charge in [0, 0.05) is 13.0 Å². The average Bonchev–Trinajstić information content (AvgIpc) is 3.08. The van der Waals surface area contributed by atoms with Crippen molar-refractivity contribution in [1.82, 2.24) is 4.90 Å². The number of hydrogen-bond donors (Lipinski definition) is 1. The molecule has 2 aromatic rings. The summed E-state index contributed by atoms with van der Waals surface area (Å²) in [7, 11) is 4.42. The van der Waals surface area contributed by atoms with Gasteiger partial charge in [-0.2, -0.15) is 13.2 Å². The van der Waals surface area contributed by atoms with Gasteiger partial charge in [0.15, 0.2) is 11.5 Å². The van der Waals surface area contributed by atoms with Gasteiger partial charge in [-0.25, -0.2) is 0 Å². The van der Waals surface area contributed by atoms with Gasteiger partial charge in [-0.3, -0.25) is 14.5 Å². The number of alkyl halides is 3. The SMILES string of the molecule is COc1cc(/C=C2\SC(=S)N(CCC(=O)Nc3ccccc3C(F)(F)F)C2=O)cc(OC)c1OC. The van der Waals surface area contributed by atoms with E-state index in [1.807, 2.05) is 0 Å². The van der Waals surface area contributed by atoms with Gasteiger partial charge in [-0.05, 0) is 35.9 Å². The summed E-state index contributed by atoms with van der Waals surface area (Å²) < 4.78 is 55.6. The van der Waals surface area contributed by atoms with E-state index in [0.717, 1.165) is 17.8 Å². The van der Waals surface area contributed by atoms with E-state index in [-0.39, 0.29) is 23.0 Å². The van der Waals surface area contributed by atoms with Crippen molar-refractivity contribution < 1.29 is 37.0 Å². The zero-order chi connectivity index (χ0) is 25.8. The maximum atomic E-state index is 13.1. The summed E-state index contributed by atoms with van der Waals surface area (Å²) in [6.07, 6.45) is -3.25. The number of carbonyl (C=O) groups excluding carboxylic acids is 2. The van der Waals surface area contributed by atoms with Crippen LogP contribution in [0.5, 0.6) is 17.2 Å². The molecule has 0 bridgehead atoms. The number of thiocarbonyl (C=S) groups is 1. The first-order valence-electron chi connectivity index (χ1n) is 10.1. The number of benzene rings is 2. The Morgan fingerprint density at radius 1 is 1.11 bits per heavy atom. The molecule has 7 nitrogen and oxygen atoms in total. The van der Waals surface area contributed by atoms with Crippen LogP contribution in [0.1, 0.15) is 17.5 Å². The van der Waals surface area contributed by atoms with Crippen LogP contribution in [-0.2, 0) is 15.8 Å². The molecule has 12 heteroatoms. The van der Waals surface area contributed by atoms with E-state index in [2.05, 4.69) is 5.32 Å². The Morgan fingerprint density at radius 3 is 2.31 bits per heavy atom. The van der Waals surface area contributed by atoms with Crippen molar-refractivity contribution >= 4 is 51.9 Å². The van der Waals surface area contributed by atoms with Gasteiger partial charge in [-0.15, -0.1) is 0 Å². The normalized spacial score (nSPS) is 14.9. The molecule has 0 unspecified atom stereocenters. The molecule has 0 radical (unpaired) electrons. The lowest BCUT2D eigenvalue weighted by Gasteiger charge is -2.16. The Morgan fingerprint density at radius 2 is 1.74 bits per heavy atom. The lowest BCUT2D eigenvalue weighted by atomic mass is 10.1. The summed E-state index contributed by atoms with van der Waals surface area (Å²) in [4.78, 5) is 26.8. The highest BCUT2D eigenvalue weighted by atomic mass is 32.2. The van der Waals surface area contributed by atoms with Gasteiger partial charge in [-0.1, -0.05) is 36.1 Å². The molecule has 1 fully saturated rings. The predicted molar refractivity (Wildman–Crippen MR) is 131 cm³/mol. The van der Waals surface area contributed by atoms with E-state index in [4.69, 9.17) is 26.4 Å². The number of carbonyl (C=O) groups is 2. The van der Waals surface area contributed by atoms with Crippen molar-refractivity contribution in [1.29, 1.82) is 0 Å². The number of thioether (sulfide) groups is 1. The summed E-state index contributed by atoms with van der Waals surface area (Å²) in [6.45, 7) is -0.0860. The van der Waals surface area contributed by atoms with E-state index < -0.39 is 23.6 Å². The first kappa shape index (κ1) is 26.4. The van der Waals surface area contributed by atoms with E-state index in [1.54, 1.807) is 18.2 Å². The second-order valence-corrected chi connectivity index (χ2v) is 8.81. The number of amides is 2. The second kappa shape index (κ2) is 11.0. The number of nitrogens with zero attached hydrogens (tertiary/aromatic N) is 1. The monoisotopic (exact) mass is 526 g/mol. The fourth-order valence-corrected chi connectivity index (χ4v) is 4.60. The minimum absolute atomic E-state index is 0.0860. The van der Waals surface area contributed by atoms with Crippen molar-refractivity contribution in [3.8, 4) is 17.2 Å². The van der Waals surface area contributed by atoms with Gasteiger partial charge in [0.05, 0.1) is 37.5 Å². The number of rotatable bonds is 8. The Balaban J connectivity index is 1.71. The minimum atomic E-state index is -4.61. The zero-order valence-corrected chi connectivity index (χ0v) is 20.5. The number of nitrogens with one attached hydrogen (secondary N) is 1. The summed E-state index contributed by atoms with van der Waals surface area (Å²) in [5, 5.41) is 2.26. The van der Waals surface area contributed by atoms with Gasteiger partial charge in [0.1, 0.15) is 4.32 Å². The van der Waals surface area contributed by atoms with Crippen LogP contribution >= 0.6 is 24.0 Å². The third-order valence-electron chi connectivity index (χ3n) is 4.93. The topological polar surface area (TPSA) is 77.1 Å². The summed E-state index contributed by atoms with van der Waals surface area (Å²) >= 11 is 6.33. The molecule has 0 aromatic heterocycles. The molecule has 2 amide bonds. The van der Waals surface area contributed by atoms with Crippen LogP contribution in [0.4, 0.5) is 18.9 Å². The zero-order valence-electron chi connectivity index (χ0n) is 18.9. The molecule has 3 rings (SSSR count). The van der Waals surface area contributed by atoms with Crippen LogP contribution in [0.2, 0.25) is 0 Å². The van der Waals surface area contributed by atoms with Crippen molar-refractivity contribution in [3.63, 3.8) is 0 Å². The lowest BCUT2D eigenvalue weighted by molar-refractivity contribution is -0.137. The molecule has 1 aliphatic heterocycles. The van der Waals surface area contributed by atoms with Gasteiger partial charge in [0.25, 0.3) is 5.91 Å². The average molecular weight is 527 g/mol. The minimum Gasteiger partial charge on any atom is -0.493 e.